The summed E-state index contributed by atoms with van der Waals surface area (Å²) in [5, 5.41) is 19.9. The molecule has 0 atom stereocenters. The number of benzene rings is 1. The Hall–Kier alpha value is -2.18. The molecule has 0 bridgehead atoms. The Bertz CT molecular complexity index is 498. The van der Waals surface area contributed by atoms with E-state index in [0.717, 1.165) is 6.07 Å². The zero-order valence-electron chi connectivity index (χ0n) is 10.3. The fourth-order valence-electron chi connectivity index (χ4n) is 1.70. The van der Waals surface area contributed by atoms with Crippen LogP contribution in [0.4, 0.5) is 0 Å². The maximum absolute atomic E-state index is 11.6. The van der Waals surface area contributed by atoms with Crippen molar-refractivity contribution >= 4 is 11.6 Å². The van der Waals surface area contributed by atoms with Crippen molar-refractivity contribution in [1.29, 1.82) is 0 Å². The van der Waals surface area contributed by atoms with Crippen molar-refractivity contribution in [3.05, 3.63) is 35.4 Å². The van der Waals surface area contributed by atoms with Crippen molar-refractivity contribution < 1.29 is 19.8 Å². The summed E-state index contributed by atoms with van der Waals surface area (Å²) in [4.78, 5) is 23.3. The molecule has 0 aliphatic carbocycles. The van der Waals surface area contributed by atoms with E-state index in [9.17, 15) is 19.8 Å². The highest BCUT2D eigenvalue weighted by molar-refractivity contribution is 6.06. The second-order valence-corrected chi connectivity index (χ2v) is 3.89. The molecule has 0 fully saturated rings. The standard InChI is InChI=1S/C13H16N2O4/c1-2-3-7-12(18)8(10(16)5-14)4-9(13(7)19)11(17)6-15/h2,4,18-19H,1,3,5-6,14-15H2. The van der Waals surface area contributed by atoms with Crippen LogP contribution < -0.4 is 11.5 Å². The number of ketones is 2. The predicted molar refractivity (Wildman–Crippen MR) is 70.4 cm³/mol. The molecule has 0 radical (unpaired) electrons. The van der Waals surface area contributed by atoms with E-state index in [0.29, 0.717) is 0 Å². The molecule has 0 aromatic heterocycles. The van der Waals surface area contributed by atoms with Gasteiger partial charge in [0.1, 0.15) is 11.5 Å². The van der Waals surface area contributed by atoms with Crippen molar-refractivity contribution in [2.24, 2.45) is 11.5 Å². The van der Waals surface area contributed by atoms with Crippen LogP contribution in [0.15, 0.2) is 18.7 Å². The Labute approximate surface area is 110 Å². The molecule has 0 amide bonds. The summed E-state index contributed by atoms with van der Waals surface area (Å²) < 4.78 is 0. The molecule has 0 unspecified atom stereocenters. The van der Waals surface area contributed by atoms with Gasteiger partial charge in [-0.3, -0.25) is 9.59 Å². The smallest absolute Gasteiger partial charge is 0.180 e. The molecular weight excluding hydrogens is 248 g/mol. The first-order valence-electron chi connectivity index (χ1n) is 5.63. The number of aromatic hydroxyl groups is 2. The largest absolute Gasteiger partial charge is 0.507 e. The summed E-state index contributed by atoms with van der Waals surface area (Å²) >= 11 is 0. The van der Waals surface area contributed by atoms with Gasteiger partial charge in [-0.25, -0.2) is 0 Å². The maximum Gasteiger partial charge on any atom is 0.180 e. The lowest BCUT2D eigenvalue weighted by Crippen LogP contribution is -2.18. The third kappa shape index (κ3) is 2.81. The minimum absolute atomic E-state index is 0.0612. The topological polar surface area (TPSA) is 127 Å². The molecule has 102 valence electrons. The van der Waals surface area contributed by atoms with Crippen molar-refractivity contribution in [2.45, 2.75) is 6.42 Å². The molecule has 6 heteroatoms. The second kappa shape index (κ2) is 6.12. The zero-order chi connectivity index (χ0) is 14.6. The van der Waals surface area contributed by atoms with E-state index in [1.54, 1.807) is 0 Å². The van der Waals surface area contributed by atoms with Gasteiger partial charge in [0, 0.05) is 5.56 Å². The molecule has 6 nitrogen and oxygen atoms in total. The lowest BCUT2D eigenvalue weighted by Gasteiger charge is -2.13. The number of hydrogen-bond donors (Lipinski definition) is 4. The van der Waals surface area contributed by atoms with Crippen LogP contribution in [0.2, 0.25) is 0 Å². The van der Waals surface area contributed by atoms with Crippen LogP contribution in [0.25, 0.3) is 0 Å². The Kier molecular flexibility index (Phi) is 4.80. The molecule has 6 N–H and O–H groups in total. The number of Topliss-reactive ketones (excluding diaryl/α,β-unsaturated/α-hetero) is 2. The molecule has 0 saturated heterocycles. The van der Waals surface area contributed by atoms with Gasteiger partial charge in [0.15, 0.2) is 11.6 Å². The minimum atomic E-state index is -0.533. The highest BCUT2D eigenvalue weighted by atomic mass is 16.3. The molecule has 19 heavy (non-hydrogen) atoms. The van der Waals surface area contributed by atoms with E-state index in [1.807, 2.05) is 0 Å². The number of carbonyl (C=O) groups is 2. The van der Waals surface area contributed by atoms with Crippen LogP contribution in [0.1, 0.15) is 26.3 Å². The monoisotopic (exact) mass is 264 g/mol. The summed E-state index contributed by atoms with van der Waals surface area (Å²) in [6.07, 6.45) is 1.54. The third-order valence-corrected chi connectivity index (χ3v) is 2.69. The average Bonchev–Trinajstić information content (AvgIpc) is 2.42. The number of carbonyl (C=O) groups excluding carboxylic acids is 2. The fourth-order valence-corrected chi connectivity index (χ4v) is 1.70. The van der Waals surface area contributed by atoms with Crippen LogP contribution in [0, 0.1) is 0 Å². The normalized spacial score (nSPS) is 10.2. The van der Waals surface area contributed by atoms with E-state index in [4.69, 9.17) is 11.5 Å². The first-order valence-corrected chi connectivity index (χ1v) is 5.63. The number of nitrogens with two attached hydrogens (primary N) is 2. The molecule has 0 spiro atoms. The molecule has 1 rings (SSSR count). The van der Waals surface area contributed by atoms with Gasteiger partial charge in [-0.1, -0.05) is 6.08 Å². The second-order valence-electron chi connectivity index (χ2n) is 3.89. The quantitative estimate of drug-likeness (QED) is 0.426. The summed E-state index contributed by atoms with van der Waals surface area (Å²) in [7, 11) is 0. The zero-order valence-corrected chi connectivity index (χ0v) is 10.3. The van der Waals surface area contributed by atoms with E-state index >= 15 is 0 Å². The van der Waals surface area contributed by atoms with Crippen molar-refractivity contribution in [1.82, 2.24) is 0 Å². The van der Waals surface area contributed by atoms with Gasteiger partial charge in [0.05, 0.1) is 24.2 Å². The summed E-state index contributed by atoms with van der Waals surface area (Å²) in [5.41, 5.74) is 10.3. The van der Waals surface area contributed by atoms with E-state index in [-0.39, 0.29) is 47.7 Å². The van der Waals surface area contributed by atoms with Crippen molar-refractivity contribution in [2.75, 3.05) is 13.1 Å². The van der Waals surface area contributed by atoms with Crippen LogP contribution in [-0.4, -0.2) is 34.9 Å². The third-order valence-electron chi connectivity index (χ3n) is 2.69. The van der Waals surface area contributed by atoms with Crippen molar-refractivity contribution in [3.8, 4) is 11.5 Å². The first kappa shape index (κ1) is 14.9. The fraction of sp³-hybridized carbons (Fsp3) is 0.231. The lowest BCUT2D eigenvalue weighted by molar-refractivity contribution is 0.0998. The average molecular weight is 264 g/mol. The van der Waals surface area contributed by atoms with Crippen LogP contribution in [-0.2, 0) is 6.42 Å². The Morgan fingerprint density at radius 2 is 1.53 bits per heavy atom. The molecule has 0 aliphatic heterocycles. The number of hydrogen-bond acceptors (Lipinski definition) is 6. The van der Waals surface area contributed by atoms with Crippen molar-refractivity contribution in [3.63, 3.8) is 0 Å². The molecule has 0 aliphatic rings. The van der Waals surface area contributed by atoms with Gasteiger partial charge in [0.25, 0.3) is 0 Å². The number of phenols is 2. The van der Waals surface area contributed by atoms with Gasteiger partial charge in [0.2, 0.25) is 0 Å². The number of allylic oxidation sites excluding steroid dienone is 1. The highest BCUT2D eigenvalue weighted by Crippen LogP contribution is 2.35. The van der Waals surface area contributed by atoms with Crippen LogP contribution in [0.3, 0.4) is 0 Å². The molecular formula is C13H16N2O4. The van der Waals surface area contributed by atoms with E-state index in [1.165, 1.54) is 6.08 Å². The Morgan fingerprint density at radius 3 is 1.84 bits per heavy atom. The Morgan fingerprint density at radius 1 is 1.11 bits per heavy atom. The number of rotatable bonds is 6. The summed E-state index contributed by atoms with van der Waals surface area (Å²) in [6.45, 7) is 2.85. The summed E-state index contributed by atoms with van der Waals surface area (Å²) in [6, 6.07) is 1.11. The molecule has 0 saturated carbocycles. The molecule has 0 heterocycles. The molecule has 1 aromatic rings. The Balaban J connectivity index is 3.58. The van der Waals surface area contributed by atoms with Gasteiger partial charge in [-0.05, 0) is 12.5 Å². The van der Waals surface area contributed by atoms with Crippen LogP contribution >= 0.6 is 0 Å². The SMILES string of the molecule is C=CCc1c(O)c(C(=O)CN)cc(C(=O)CN)c1O. The van der Waals surface area contributed by atoms with Gasteiger partial charge >= 0.3 is 0 Å². The first-order chi connectivity index (χ1) is 8.97. The van der Waals surface area contributed by atoms with Gasteiger partial charge < -0.3 is 21.7 Å². The van der Waals surface area contributed by atoms with E-state index < -0.39 is 11.6 Å². The summed E-state index contributed by atoms with van der Waals surface area (Å²) in [5.74, 6) is -1.84. The molecule has 1 aromatic carbocycles. The minimum Gasteiger partial charge on any atom is -0.507 e. The highest BCUT2D eigenvalue weighted by Gasteiger charge is 2.22. The van der Waals surface area contributed by atoms with Gasteiger partial charge in [-0.2, -0.15) is 0 Å². The lowest BCUT2D eigenvalue weighted by atomic mass is 9.95. The predicted octanol–water partition coefficient (Wildman–Crippen LogP) is 0.109. The van der Waals surface area contributed by atoms with Crippen LogP contribution in [0.5, 0.6) is 11.5 Å². The van der Waals surface area contributed by atoms with E-state index in [2.05, 4.69) is 6.58 Å². The number of phenolic OH excluding ortho intramolecular Hbond substituents is 2. The maximum atomic E-state index is 11.6. The van der Waals surface area contributed by atoms with Gasteiger partial charge in [-0.15, -0.1) is 6.58 Å².